The Morgan fingerprint density at radius 3 is 2.75 bits per heavy atom. The van der Waals surface area contributed by atoms with Gasteiger partial charge in [-0.1, -0.05) is 33.1 Å². The quantitative estimate of drug-likeness (QED) is 0.860. The molecule has 20 heavy (non-hydrogen) atoms. The van der Waals surface area contributed by atoms with E-state index in [-0.39, 0.29) is 0 Å². The molecule has 1 heterocycles. The Kier molecular flexibility index (Phi) is 5.84. The highest BCUT2D eigenvalue weighted by Crippen LogP contribution is 2.26. The van der Waals surface area contributed by atoms with Crippen molar-refractivity contribution in [2.24, 2.45) is 5.92 Å². The number of anilines is 1. The Balaban J connectivity index is 1.98. The Hall–Kier alpha value is -1.09. The zero-order chi connectivity index (χ0) is 14.4. The Morgan fingerprint density at radius 2 is 2.05 bits per heavy atom. The van der Waals surface area contributed by atoms with Gasteiger partial charge in [0, 0.05) is 32.4 Å². The van der Waals surface area contributed by atoms with Crippen LogP contribution in [0.15, 0.2) is 18.5 Å². The smallest absolute Gasteiger partial charge is 0.0595 e. The minimum absolute atomic E-state index is 0.514. The maximum atomic E-state index is 4.32. The molecule has 0 aliphatic heterocycles. The topological polar surface area (TPSA) is 28.2 Å². The minimum Gasteiger partial charge on any atom is -0.373 e. The van der Waals surface area contributed by atoms with Crippen molar-refractivity contribution in [2.75, 3.05) is 18.5 Å². The minimum atomic E-state index is 0.514. The number of aromatic nitrogens is 1. The number of nitrogens with zero attached hydrogens (tertiary/aromatic N) is 2. The van der Waals surface area contributed by atoms with Crippen LogP contribution in [0.2, 0.25) is 0 Å². The molecule has 1 aromatic rings. The highest BCUT2D eigenvalue weighted by molar-refractivity contribution is 5.51. The first-order valence-electron chi connectivity index (χ1n) is 8.04. The highest BCUT2D eigenvalue weighted by Gasteiger charge is 2.17. The van der Waals surface area contributed by atoms with Crippen LogP contribution in [0, 0.1) is 5.92 Å². The van der Waals surface area contributed by atoms with Gasteiger partial charge < -0.3 is 10.2 Å². The van der Waals surface area contributed by atoms with E-state index in [1.807, 2.05) is 12.4 Å². The Morgan fingerprint density at radius 1 is 1.30 bits per heavy atom. The monoisotopic (exact) mass is 275 g/mol. The van der Waals surface area contributed by atoms with Crippen LogP contribution in [0.5, 0.6) is 0 Å². The summed E-state index contributed by atoms with van der Waals surface area (Å²) in [6.07, 6.45) is 10.9. The summed E-state index contributed by atoms with van der Waals surface area (Å²) in [6.45, 7) is 6.46. The predicted octanol–water partition coefficient (Wildman–Crippen LogP) is 3.60. The second-order valence-electron chi connectivity index (χ2n) is 6.42. The van der Waals surface area contributed by atoms with Crippen LogP contribution < -0.4 is 10.2 Å². The number of rotatable bonds is 6. The molecule has 0 spiro atoms. The summed E-state index contributed by atoms with van der Waals surface area (Å²) in [5.74, 6) is 0.861. The van der Waals surface area contributed by atoms with E-state index in [0.29, 0.717) is 6.04 Å². The average molecular weight is 275 g/mol. The van der Waals surface area contributed by atoms with E-state index in [4.69, 9.17) is 0 Å². The van der Waals surface area contributed by atoms with E-state index >= 15 is 0 Å². The van der Waals surface area contributed by atoms with Gasteiger partial charge in [0.15, 0.2) is 0 Å². The van der Waals surface area contributed by atoms with Gasteiger partial charge in [0.2, 0.25) is 0 Å². The predicted molar refractivity (Wildman–Crippen MR) is 86.1 cm³/mol. The SMILES string of the molecule is CC(C)NCc1ccncc1N(C)CC1CCCCC1. The van der Waals surface area contributed by atoms with Crippen molar-refractivity contribution in [3.05, 3.63) is 24.0 Å². The zero-order valence-electron chi connectivity index (χ0n) is 13.2. The van der Waals surface area contributed by atoms with Crippen molar-refractivity contribution in [3.8, 4) is 0 Å². The summed E-state index contributed by atoms with van der Waals surface area (Å²) in [6, 6.07) is 2.65. The molecule has 0 saturated heterocycles. The highest BCUT2D eigenvalue weighted by atomic mass is 15.1. The van der Waals surface area contributed by atoms with E-state index in [2.05, 4.69) is 42.2 Å². The van der Waals surface area contributed by atoms with Crippen molar-refractivity contribution < 1.29 is 0 Å². The van der Waals surface area contributed by atoms with E-state index < -0.39 is 0 Å². The van der Waals surface area contributed by atoms with Gasteiger partial charge in [-0.05, 0) is 30.4 Å². The molecule has 3 heteroatoms. The fourth-order valence-corrected chi connectivity index (χ4v) is 3.08. The lowest BCUT2D eigenvalue weighted by atomic mass is 9.89. The third kappa shape index (κ3) is 4.48. The first-order chi connectivity index (χ1) is 9.66. The standard InChI is InChI=1S/C17H29N3/c1-14(2)19-11-16-9-10-18-12-17(16)20(3)13-15-7-5-4-6-8-15/h9-10,12,14-15,19H,4-8,11,13H2,1-3H3. The van der Waals surface area contributed by atoms with E-state index in [1.54, 1.807) is 0 Å². The number of nitrogens with one attached hydrogen (secondary N) is 1. The normalized spacial score (nSPS) is 16.6. The fraction of sp³-hybridized carbons (Fsp3) is 0.706. The van der Waals surface area contributed by atoms with Gasteiger partial charge in [0.05, 0.1) is 11.9 Å². The van der Waals surface area contributed by atoms with E-state index in [1.165, 1.54) is 49.9 Å². The Labute approximate surface area is 123 Å². The van der Waals surface area contributed by atoms with Crippen LogP contribution >= 0.6 is 0 Å². The first-order valence-corrected chi connectivity index (χ1v) is 8.04. The summed E-state index contributed by atoms with van der Waals surface area (Å²) in [7, 11) is 2.21. The molecule has 0 amide bonds. The molecule has 3 nitrogen and oxygen atoms in total. The van der Waals surface area contributed by atoms with Gasteiger partial charge >= 0.3 is 0 Å². The first kappa shape index (κ1) is 15.3. The van der Waals surface area contributed by atoms with Crippen LogP contribution in [0.1, 0.15) is 51.5 Å². The lowest BCUT2D eigenvalue weighted by Crippen LogP contribution is -2.29. The van der Waals surface area contributed by atoms with Gasteiger partial charge in [-0.2, -0.15) is 0 Å². The average Bonchev–Trinajstić information content (AvgIpc) is 2.46. The molecular formula is C17H29N3. The Bertz CT molecular complexity index is 397. The molecule has 112 valence electrons. The molecule has 1 aromatic heterocycles. The second kappa shape index (κ2) is 7.63. The van der Waals surface area contributed by atoms with Gasteiger partial charge in [-0.25, -0.2) is 0 Å². The molecule has 0 aromatic carbocycles. The molecule has 0 bridgehead atoms. The van der Waals surface area contributed by atoms with Crippen molar-refractivity contribution in [1.29, 1.82) is 0 Å². The summed E-state index contributed by atoms with van der Waals surface area (Å²) < 4.78 is 0. The van der Waals surface area contributed by atoms with Crippen molar-refractivity contribution >= 4 is 5.69 Å². The van der Waals surface area contributed by atoms with Gasteiger partial charge in [-0.15, -0.1) is 0 Å². The van der Waals surface area contributed by atoms with E-state index in [0.717, 1.165) is 12.5 Å². The van der Waals surface area contributed by atoms with Gasteiger partial charge in [0.25, 0.3) is 0 Å². The van der Waals surface area contributed by atoms with E-state index in [9.17, 15) is 0 Å². The molecule has 1 N–H and O–H groups in total. The van der Waals surface area contributed by atoms with Gasteiger partial charge in [0.1, 0.15) is 0 Å². The van der Waals surface area contributed by atoms with Crippen LogP contribution in [0.4, 0.5) is 5.69 Å². The lowest BCUT2D eigenvalue weighted by Gasteiger charge is -2.29. The van der Waals surface area contributed by atoms with Crippen molar-refractivity contribution in [2.45, 2.75) is 58.5 Å². The number of hydrogen-bond acceptors (Lipinski definition) is 3. The molecule has 0 unspecified atom stereocenters. The molecular weight excluding hydrogens is 246 g/mol. The second-order valence-corrected chi connectivity index (χ2v) is 6.42. The third-order valence-corrected chi connectivity index (χ3v) is 4.26. The molecule has 1 aliphatic carbocycles. The largest absolute Gasteiger partial charge is 0.373 e. The fourth-order valence-electron chi connectivity index (χ4n) is 3.08. The summed E-state index contributed by atoms with van der Waals surface area (Å²) in [5, 5.41) is 3.51. The molecule has 1 fully saturated rings. The summed E-state index contributed by atoms with van der Waals surface area (Å²) >= 11 is 0. The van der Waals surface area contributed by atoms with Crippen LogP contribution in [0.3, 0.4) is 0 Å². The van der Waals surface area contributed by atoms with Crippen LogP contribution in [0.25, 0.3) is 0 Å². The summed E-state index contributed by atoms with van der Waals surface area (Å²) in [5.41, 5.74) is 2.64. The maximum absolute atomic E-state index is 4.32. The maximum Gasteiger partial charge on any atom is 0.0595 e. The van der Waals surface area contributed by atoms with Crippen LogP contribution in [-0.2, 0) is 6.54 Å². The summed E-state index contributed by atoms with van der Waals surface area (Å²) in [4.78, 5) is 6.72. The molecule has 1 saturated carbocycles. The lowest BCUT2D eigenvalue weighted by molar-refractivity contribution is 0.362. The molecule has 1 aliphatic rings. The van der Waals surface area contributed by atoms with Crippen LogP contribution in [-0.4, -0.2) is 24.6 Å². The number of pyridine rings is 1. The zero-order valence-corrected chi connectivity index (χ0v) is 13.2. The number of hydrogen-bond donors (Lipinski definition) is 1. The third-order valence-electron chi connectivity index (χ3n) is 4.26. The molecule has 0 atom stereocenters. The van der Waals surface area contributed by atoms with Crippen molar-refractivity contribution in [3.63, 3.8) is 0 Å². The molecule has 2 rings (SSSR count). The molecule has 0 radical (unpaired) electrons. The van der Waals surface area contributed by atoms with Crippen molar-refractivity contribution in [1.82, 2.24) is 10.3 Å². The van der Waals surface area contributed by atoms with Gasteiger partial charge in [-0.3, -0.25) is 4.98 Å².